The highest BCUT2D eigenvalue weighted by Crippen LogP contribution is 2.33. The summed E-state index contributed by atoms with van der Waals surface area (Å²) in [4.78, 5) is 26.6. The first-order chi connectivity index (χ1) is 13.2. The summed E-state index contributed by atoms with van der Waals surface area (Å²) < 4.78 is 38.5. The smallest absolute Gasteiger partial charge is 0.326 e. The topological polar surface area (TPSA) is 49.4 Å². The summed E-state index contributed by atoms with van der Waals surface area (Å²) >= 11 is 0. The van der Waals surface area contributed by atoms with Crippen molar-refractivity contribution in [2.45, 2.75) is 32.4 Å². The Labute approximate surface area is 161 Å². The lowest BCUT2D eigenvalue weighted by Crippen LogP contribution is -2.29. The van der Waals surface area contributed by atoms with E-state index in [0.29, 0.717) is 0 Å². The molecule has 28 heavy (non-hydrogen) atoms. The molecule has 1 atom stereocenters. The van der Waals surface area contributed by atoms with E-state index in [1.54, 1.807) is 4.90 Å². The second kappa shape index (κ2) is 7.66. The maximum Gasteiger partial charge on any atom is 0.416 e. The highest BCUT2D eigenvalue weighted by Gasteiger charge is 2.36. The van der Waals surface area contributed by atoms with Crippen molar-refractivity contribution >= 4 is 23.2 Å². The first-order valence-corrected chi connectivity index (χ1v) is 9.04. The lowest BCUT2D eigenvalue weighted by molar-refractivity contribution is -0.137. The number of alkyl halides is 3. The zero-order chi connectivity index (χ0) is 20.5. The van der Waals surface area contributed by atoms with Crippen LogP contribution in [0.15, 0.2) is 48.5 Å². The fourth-order valence-electron chi connectivity index (χ4n) is 3.36. The fraction of sp³-hybridized carbons (Fsp3) is 0.333. The van der Waals surface area contributed by atoms with Crippen molar-refractivity contribution in [3.8, 4) is 0 Å². The molecule has 1 aliphatic heterocycles. The van der Waals surface area contributed by atoms with Gasteiger partial charge in [-0.1, -0.05) is 38.1 Å². The van der Waals surface area contributed by atoms with Gasteiger partial charge in [-0.25, -0.2) is 0 Å². The lowest BCUT2D eigenvalue weighted by atomic mass is 10.0. The molecule has 2 aromatic carbocycles. The average Bonchev–Trinajstić information content (AvgIpc) is 3.03. The van der Waals surface area contributed by atoms with Crippen LogP contribution in [0.1, 0.15) is 37.3 Å². The predicted molar refractivity (Wildman–Crippen MR) is 101 cm³/mol. The molecule has 0 spiro atoms. The van der Waals surface area contributed by atoms with E-state index in [-0.39, 0.29) is 30.5 Å². The summed E-state index contributed by atoms with van der Waals surface area (Å²) in [6, 6.07) is 12.0. The van der Waals surface area contributed by atoms with E-state index in [4.69, 9.17) is 0 Å². The molecule has 2 amide bonds. The van der Waals surface area contributed by atoms with Crippen LogP contribution in [0.4, 0.5) is 24.5 Å². The number of carbonyl (C=O) groups is 2. The van der Waals surface area contributed by atoms with Crippen LogP contribution in [0.2, 0.25) is 0 Å². The Morgan fingerprint density at radius 3 is 2.54 bits per heavy atom. The molecule has 7 heteroatoms. The van der Waals surface area contributed by atoms with Crippen LogP contribution in [-0.2, 0) is 15.8 Å². The van der Waals surface area contributed by atoms with E-state index in [1.165, 1.54) is 12.1 Å². The van der Waals surface area contributed by atoms with E-state index in [1.807, 2.05) is 38.1 Å². The van der Waals surface area contributed by atoms with Gasteiger partial charge in [0.1, 0.15) is 0 Å². The number of benzene rings is 2. The van der Waals surface area contributed by atoms with Gasteiger partial charge in [0.2, 0.25) is 11.8 Å². The number of halogens is 3. The predicted octanol–water partition coefficient (Wildman–Crippen LogP) is 4.82. The van der Waals surface area contributed by atoms with Crippen molar-refractivity contribution in [1.82, 2.24) is 0 Å². The summed E-state index contributed by atoms with van der Waals surface area (Å²) in [5, 5.41) is 2.51. The standard InChI is InChI=1S/C21H21F3N2O2/c1-13(2)17-8-3-4-9-18(17)26-12-14(10-19(26)27)20(28)25-16-7-5-6-15(11-16)21(22,23)24/h3-9,11,13-14H,10,12H2,1-2H3,(H,25,28). The van der Waals surface area contributed by atoms with Crippen molar-refractivity contribution < 1.29 is 22.8 Å². The van der Waals surface area contributed by atoms with Gasteiger partial charge in [-0.15, -0.1) is 0 Å². The van der Waals surface area contributed by atoms with Crippen LogP contribution >= 0.6 is 0 Å². The summed E-state index contributed by atoms with van der Waals surface area (Å²) in [5.74, 6) is -1.04. The minimum atomic E-state index is -4.48. The van der Waals surface area contributed by atoms with E-state index >= 15 is 0 Å². The largest absolute Gasteiger partial charge is 0.416 e. The number of anilines is 2. The van der Waals surface area contributed by atoms with Gasteiger partial charge < -0.3 is 10.2 Å². The van der Waals surface area contributed by atoms with Crippen LogP contribution in [0, 0.1) is 5.92 Å². The van der Waals surface area contributed by atoms with Crippen LogP contribution in [0.25, 0.3) is 0 Å². The van der Waals surface area contributed by atoms with Crippen LogP contribution in [0.5, 0.6) is 0 Å². The van der Waals surface area contributed by atoms with Gasteiger partial charge in [-0.2, -0.15) is 13.2 Å². The molecular weight excluding hydrogens is 369 g/mol. The molecule has 1 aliphatic rings. The highest BCUT2D eigenvalue weighted by atomic mass is 19.4. The summed E-state index contributed by atoms with van der Waals surface area (Å²) in [6.45, 7) is 4.25. The Morgan fingerprint density at radius 1 is 1.14 bits per heavy atom. The molecule has 148 valence electrons. The van der Waals surface area contributed by atoms with Gasteiger partial charge in [0, 0.05) is 24.3 Å². The zero-order valence-corrected chi connectivity index (χ0v) is 15.6. The number of carbonyl (C=O) groups excluding carboxylic acids is 2. The fourth-order valence-corrected chi connectivity index (χ4v) is 3.36. The summed E-state index contributed by atoms with van der Waals surface area (Å²) in [6.07, 6.45) is -4.46. The molecule has 0 radical (unpaired) electrons. The van der Waals surface area contributed by atoms with Crippen molar-refractivity contribution in [2.75, 3.05) is 16.8 Å². The third-order valence-corrected chi connectivity index (χ3v) is 4.80. The quantitative estimate of drug-likeness (QED) is 0.814. The normalized spacial score (nSPS) is 17.3. The molecule has 0 saturated carbocycles. The van der Waals surface area contributed by atoms with Gasteiger partial charge in [-0.05, 0) is 35.7 Å². The molecule has 2 aromatic rings. The van der Waals surface area contributed by atoms with Gasteiger partial charge in [0.05, 0.1) is 11.5 Å². The molecule has 1 heterocycles. The number of hydrogen-bond donors (Lipinski definition) is 1. The van der Waals surface area contributed by atoms with Gasteiger partial charge in [0.25, 0.3) is 0 Å². The number of amides is 2. The third-order valence-electron chi connectivity index (χ3n) is 4.80. The second-order valence-corrected chi connectivity index (χ2v) is 7.19. The molecule has 3 rings (SSSR count). The SMILES string of the molecule is CC(C)c1ccccc1N1CC(C(=O)Nc2cccc(C(F)(F)F)c2)CC1=O. The first kappa shape index (κ1) is 19.9. The average molecular weight is 390 g/mol. The van der Waals surface area contributed by atoms with Crippen molar-refractivity contribution in [1.29, 1.82) is 0 Å². The molecule has 0 aliphatic carbocycles. The minimum absolute atomic E-state index is 0.0250. The van der Waals surface area contributed by atoms with E-state index in [9.17, 15) is 22.8 Å². The van der Waals surface area contributed by atoms with Crippen LogP contribution in [-0.4, -0.2) is 18.4 Å². The second-order valence-electron chi connectivity index (χ2n) is 7.19. The molecule has 0 bridgehead atoms. The van der Waals surface area contributed by atoms with E-state index < -0.39 is 23.6 Å². The molecule has 1 N–H and O–H groups in total. The Kier molecular flexibility index (Phi) is 5.45. The van der Waals surface area contributed by atoms with Crippen molar-refractivity contribution in [3.05, 3.63) is 59.7 Å². The maximum absolute atomic E-state index is 12.8. The molecule has 4 nitrogen and oxygen atoms in total. The van der Waals surface area contributed by atoms with Gasteiger partial charge in [0.15, 0.2) is 0 Å². The minimum Gasteiger partial charge on any atom is -0.326 e. The van der Waals surface area contributed by atoms with Crippen molar-refractivity contribution in [3.63, 3.8) is 0 Å². The van der Waals surface area contributed by atoms with Crippen LogP contribution in [0.3, 0.4) is 0 Å². The summed E-state index contributed by atoms with van der Waals surface area (Å²) in [7, 11) is 0. The van der Waals surface area contributed by atoms with Gasteiger partial charge >= 0.3 is 6.18 Å². The first-order valence-electron chi connectivity index (χ1n) is 9.04. The molecular formula is C21H21F3N2O2. The highest BCUT2D eigenvalue weighted by molar-refractivity contribution is 6.03. The molecule has 0 aromatic heterocycles. The third kappa shape index (κ3) is 4.18. The molecule has 1 saturated heterocycles. The van der Waals surface area contributed by atoms with E-state index in [0.717, 1.165) is 23.4 Å². The summed E-state index contributed by atoms with van der Waals surface area (Å²) in [5.41, 5.74) is 1.01. The number of nitrogens with one attached hydrogen (secondary N) is 1. The number of hydrogen-bond acceptors (Lipinski definition) is 2. The number of rotatable bonds is 4. The Bertz CT molecular complexity index is 893. The monoisotopic (exact) mass is 390 g/mol. The zero-order valence-electron chi connectivity index (χ0n) is 15.6. The Hall–Kier alpha value is -2.83. The van der Waals surface area contributed by atoms with Gasteiger partial charge in [-0.3, -0.25) is 9.59 Å². The number of nitrogens with zero attached hydrogens (tertiary/aromatic N) is 1. The maximum atomic E-state index is 12.8. The lowest BCUT2D eigenvalue weighted by Gasteiger charge is -2.22. The van der Waals surface area contributed by atoms with E-state index in [2.05, 4.69) is 5.32 Å². The van der Waals surface area contributed by atoms with Crippen LogP contribution < -0.4 is 10.2 Å². The molecule has 1 unspecified atom stereocenters. The molecule has 1 fully saturated rings. The van der Waals surface area contributed by atoms with Crippen molar-refractivity contribution in [2.24, 2.45) is 5.92 Å². The Morgan fingerprint density at radius 2 is 1.86 bits per heavy atom. The Balaban J connectivity index is 1.75. The number of para-hydroxylation sites is 1.